The topological polar surface area (TPSA) is 78.9 Å². The maximum atomic E-state index is 11.8. The van der Waals surface area contributed by atoms with Gasteiger partial charge in [0.05, 0.1) is 7.11 Å². The molecule has 1 saturated carbocycles. The van der Waals surface area contributed by atoms with Gasteiger partial charge in [0, 0.05) is 7.05 Å². The predicted molar refractivity (Wildman–Crippen MR) is 56.7 cm³/mol. The first-order chi connectivity index (χ1) is 7.54. The molecule has 0 heterocycles. The quantitative estimate of drug-likeness (QED) is 0.686. The van der Waals surface area contributed by atoms with Gasteiger partial charge in [-0.15, -0.1) is 0 Å². The summed E-state index contributed by atoms with van der Waals surface area (Å²) in [5.74, 6) is 0.0999. The Morgan fingerprint density at radius 2 is 2.19 bits per heavy atom. The lowest BCUT2D eigenvalue weighted by Gasteiger charge is -2.30. The average Bonchev–Trinajstić information content (AvgIpc) is 2.18. The van der Waals surface area contributed by atoms with Crippen molar-refractivity contribution in [1.29, 1.82) is 0 Å². The second kappa shape index (κ2) is 5.69. The van der Waals surface area contributed by atoms with Crippen molar-refractivity contribution in [3.05, 3.63) is 0 Å². The van der Waals surface area contributed by atoms with Crippen LogP contribution in [0.4, 0.5) is 4.79 Å². The normalized spacial score (nSPS) is 17.4. The number of nitrogens with zero attached hydrogens (tertiary/aromatic N) is 1. The highest BCUT2D eigenvalue weighted by molar-refractivity contribution is 5.84. The van der Waals surface area contributed by atoms with E-state index >= 15 is 0 Å². The number of carbonyl (C=O) groups excluding carboxylic acids is 1. The van der Waals surface area contributed by atoms with Crippen LogP contribution in [0, 0.1) is 5.92 Å². The van der Waals surface area contributed by atoms with Crippen LogP contribution in [0.3, 0.4) is 0 Å². The summed E-state index contributed by atoms with van der Waals surface area (Å²) in [7, 11) is 2.85. The maximum Gasteiger partial charge on any atom is 0.405 e. The zero-order chi connectivity index (χ0) is 12.1. The molecule has 0 aromatic rings. The van der Waals surface area contributed by atoms with Gasteiger partial charge in [0.25, 0.3) is 5.91 Å². The number of carbonyl (C=O) groups is 2. The van der Waals surface area contributed by atoms with Crippen LogP contribution in [0.5, 0.6) is 0 Å². The molecule has 0 radical (unpaired) electrons. The van der Waals surface area contributed by atoms with Crippen LogP contribution in [0.25, 0.3) is 0 Å². The molecule has 16 heavy (non-hydrogen) atoms. The van der Waals surface area contributed by atoms with Crippen LogP contribution >= 0.6 is 0 Å². The molecular weight excluding hydrogens is 212 g/mol. The van der Waals surface area contributed by atoms with Crippen molar-refractivity contribution in [1.82, 2.24) is 10.4 Å². The molecule has 6 nitrogen and oxygen atoms in total. The lowest BCUT2D eigenvalue weighted by molar-refractivity contribution is -0.171. The van der Waals surface area contributed by atoms with Gasteiger partial charge < -0.3 is 10.4 Å². The van der Waals surface area contributed by atoms with E-state index in [0.29, 0.717) is 12.3 Å². The smallest absolute Gasteiger partial charge is 0.405 e. The van der Waals surface area contributed by atoms with Gasteiger partial charge in [-0.3, -0.25) is 9.63 Å². The Labute approximate surface area is 94.5 Å². The van der Waals surface area contributed by atoms with Crippen molar-refractivity contribution in [2.45, 2.75) is 31.7 Å². The molecule has 0 aliphatic heterocycles. The molecular formula is C10H18N2O4. The van der Waals surface area contributed by atoms with E-state index in [1.807, 2.05) is 0 Å². The first-order valence-corrected chi connectivity index (χ1v) is 5.35. The number of nitrogens with one attached hydrogen (secondary N) is 1. The molecule has 92 valence electrons. The van der Waals surface area contributed by atoms with Crippen molar-refractivity contribution in [3.63, 3.8) is 0 Å². The van der Waals surface area contributed by atoms with Crippen molar-refractivity contribution in [2.75, 3.05) is 14.2 Å². The first-order valence-electron chi connectivity index (χ1n) is 5.35. The zero-order valence-electron chi connectivity index (χ0n) is 9.60. The second-order valence-corrected chi connectivity index (χ2v) is 4.05. The van der Waals surface area contributed by atoms with Crippen molar-refractivity contribution in [3.8, 4) is 0 Å². The minimum absolute atomic E-state index is 0.350. The van der Waals surface area contributed by atoms with Crippen LogP contribution in [0.2, 0.25) is 0 Å². The van der Waals surface area contributed by atoms with Crippen molar-refractivity contribution in [2.24, 2.45) is 5.92 Å². The van der Waals surface area contributed by atoms with E-state index in [2.05, 4.69) is 5.32 Å². The molecule has 0 unspecified atom stereocenters. The summed E-state index contributed by atoms with van der Waals surface area (Å²) in [4.78, 5) is 27.1. The van der Waals surface area contributed by atoms with Gasteiger partial charge in [-0.25, -0.2) is 9.86 Å². The number of hydrogen-bond acceptors (Lipinski definition) is 3. The second-order valence-electron chi connectivity index (χ2n) is 4.05. The fourth-order valence-corrected chi connectivity index (χ4v) is 1.74. The van der Waals surface area contributed by atoms with Crippen LogP contribution in [-0.4, -0.2) is 42.4 Å². The predicted octanol–water partition coefficient (Wildman–Crippen LogP) is 0.833. The molecule has 0 bridgehead atoms. The van der Waals surface area contributed by atoms with E-state index in [0.717, 1.165) is 17.9 Å². The molecule has 1 fully saturated rings. The number of likely N-dealkylation sites (N-methyl/N-ethyl adjacent to an activating group) is 1. The van der Waals surface area contributed by atoms with Gasteiger partial charge in [-0.2, -0.15) is 0 Å². The third-order valence-electron chi connectivity index (χ3n) is 2.97. The minimum atomic E-state index is -1.18. The van der Waals surface area contributed by atoms with Crippen molar-refractivity contribution < 1.29 is 19.5 Å². The standard InChI is InChI=1S/C10H18N2O4/c1-12(16-2)9(13)8(11-10(14)15)6-7-4-3-5-7/h7-8,11H,3-6H2,1-2H3,(H,14,15)/t8-/m0/s1. The Bertz CT molecular complexity index is 266. The third kappa shape index (κ3) is 3.37. The number of amides is 2. The van der Waals surface area contributed by atoms with E-state index in [4.69, 9.17) is 9.94 Å². The van der Waals surface area contributed by atoms with E-state index in [1.165, 1.54) is 20.6 Å². The van der Waals surface area contributed by atoms with E-state index in [9.17, 15) is 9.59 Å². The third-order valence-corrected chi connectivity index (χ3v) is 2.97. The fourth-order valence-electron chi connectivity index (χ4n) is 1.74. The maximum absolute atomic E-state index is 11.8. The molecule has 1 atom stereocenters. The summed E-state index contributed by atoms with van der Waals surface area (Å²) in [6.45, 7) is 0. The lowest BCUT2D eigenvalue weighted by Crippen LogP contribution is -2.48. The number of hydroxylamine groups is 2. The molecule has 1 aliphatic rings. The Hall–Kier alpha value is -1.30. The number of carboxylic acid groups (broad SMARTS) is 1. The van der Waals surface area contributed by atoms with Gasteiger partial charge >= 0.3 is 6.09 Å². The van der Waals surface area contributed by atoms with Gasteiger partial charge in [0.2, 0.25) is 0 Å². The molecule has 1 aliphatic carbocycles. The summed E-state index contributed by atoms with van der Waals surface area (Å²) in [6.07, 6.45) is 2.68. The number of hydrogen-bond donors (Lipinski definition) is 2. The molecule has 0 saturated heterocycles. The van der Waals surface area contributed by atoms with E-state index < -0.39 is 12.1 Å². The zero-order valence-corrected chi connectivity index (χ0v) is 9.60. The van der Waals surface area contributed by atoms with Crippen LogP contribution in [-0.2, 0) is 9.63 Å². The van der Waals surface area contributed by atoms with Gasteiger partial charge in [-0.1, -0.05) is 19.3 Å². The monoisotopic (exact) mass is 230 g/mol. The Morgan fingerprint density at radius 3 is 2.56 bits per heavy atom. The summed E-state index contributed by atoms with van der Waals surface area (Å²) < 4.78 is 0. The van der Waals surface area contributed by atoms with E-state index in [1.54, 1.807) is 0 Å². The molecule has 1 rings (SSSR count). The molecule has 2 amide bonds. The highest BCUT2D eigenvalue weighted by atomic mass is 16.7. The van der Waals surface area contributed by atoms with Gasteiger partial charge in [-0.05, 0) is 12.3 Å². The summed E-state index contributed by atoms with van der Waals surface area (Å²) in [6, 6.07) is -0.701. The Morgan fingerprint density at radius 1 is 1.56 bits per heavy atom. The van der Waals surface area contributed by atoms with E-state index in [-0.39, 0.29) is 5.91 Å². The Balaban J connectivity index is 2.53. The molecule has 0 spiro atoms. The van der Waals surface area contributed by atoms with Gasteiger partial charge in [0.15, 0.2) is 0 Å². The highest BCUT2D eigenvalue weighted by Crippen LogP contribution is 2.30. The lowest BCUT2D eigenvalue weighted by atomic mass is 9.80. The molecule has 0 aromatic carbocycles. The van der Waals surface area contributed by atoms with Crippen molar-refractivity contribution >= 4 is 12.0 Å². The van der Waals surface area contributed by atoms with Crippen LogP contribution in [0.15, 0.2) is 0 Å². The van der Waals surface area contributed by atoms with Crippen LogP contribution in [0.1, 0.15) is 25.7 Å². The summed E-state index contributed by atoms with van der Waals surface area (Å²) in [5.41, 5.74) is 0. The van der Waals surface area contributed by atoms with Gasteiger partial charge in [0.1, 0.15) is 6.04 Å². The highest BCUT2D eigenvalue weighted by Gasteiger charge is 2.29. The molecule has 6 heteroatoms. The largest absolute Gasteiger partial charge is 0.465 e. The Kier molecular flexibility index (Phi) is 4.54. The average molecular weight is 230 g/mol. The minimum Gasteiger partial charge on any atom is -0.465 e. The SMILES string of the molecule is CON(C)C(=O)[C@H](CC1CCC1)NC(=O)O. The molecule has 0 aromatic heterocycles. The molecule has 2 N–H and O–H groups in total. The number of rotatable bonds is 5. The first kappa shape index (κ1) is 12.8. The summed E-state index contributed by atoms with van der Waals surface area (Å²) in [5, 5.41) is 12.0. The summed E-state index contributed by atoms with van der Waals surface area (Å²) >= 11 is 0. The van der Waals surface area contributed by atoms with Crippen LogP contribution < -0.4 is 5.32 Å². The fraction of sp³-hybridized carbons (Fsp3) is 0.800.